The van der Waals surface area contributed by atoms with Crippen molar-refractivity contribution in [2.75, 3.05) is 14.1 Å². The summed E-state index contributed by atoms with van der Waals surface area (Å²) in [4.78, 5) is 12.3. The molecule has 0 aromatic heterocycles. The van der Waals surface area contributed by atoms with Gasteiger partial charge in [0.1, 0.15) is 0 Å². The van der Waals surface area contributed by atoms with Crippen LogP contribution < -0.4 is 0 Å². The first-order valence-electron chi connectivity index (χ1n) is 4.61. The number of hydrogen-bond donors (Lipinski definition) is 0. The molecule has 0 unspecified atom stereocenters. The van der Waals surface area contributed by atoms with Crippen molar-refractivity contribution in [3.63, 3.8) is 0 Å². The van der Waals surface area contributed by atoms with Gasteiger partial charge in [0.15, 0.2) is 0 Å². The van der Waals surface area contributed by atoms with Crippen LogP contribution in [0.5, 0.6) is 0 Å². The molecule has 4 heteroatoms. The lowest BCUT2D eigenvalue weighted by Crippen LogP contribution is -2.00. The van der Waals surface area contributed by atoms with Crippen molar-refractivity contribution < 1.29 is 4.92 Å². The summed E-state index contributed by atoms with van der Waals surface area (Å²) in [6, 6.07) is 5.30. The largest absolute Gasteiger partial charge is 0.383 e. The van der Waals surface area contributed by atoms with E-state index in [1.807, 2.05) is 25.1 Å². The molecule has 0 fully saturated rings. The minimum Gasteiger partial charge on any atom is -0.383 e. The fourth-order valence-electron chi connectivity index (χ4n) is 1.29. The molecule has 1 aromatic rings. The lowest BCUT2D eigenvalue weighted by atomic mass is 10.1. The average Bonchev–Trinajstić information content (AvgIpc) is 2.13. The van der Waals surface area contributed by atoms with Gasteiger partial charge < -0.3 is 4.90 Å². The van der Waals surface area contributed by atoms with E-state index in [-0.39, 0.29) is 10.6 Å². The number of benzene rings is 1. The molecule has 0 spiro atoms. The van der Waals surface area contributed by atoms with Crippen LogP contribution in [0.2, 0.25) is 0 Å². The third-order valence-electron chi connectivity index (χ3n) is 2.00. The summed E-state index contributed by atoms with van der Waals surface area (Å²) in [6.45, 7) is 1.74. The van der Waals surface area contributed by atoms with Gasteiger partial charge in [-0.05, 0) is 25.3 Å². The van der Waals surface area contributed by atoms with Gasteiger partial charge in [-0.15, -0.1) is 0 Å². The molecule has 1 aromatic carbocycles. The maximum absolute atomic E-state index is 10.8. The second-order valence-electron chi connectivity index (χ2n) is 3.55. The van der Waals surface area contributed by atoms with E-state index >= 15 is 0 Å². The lowest BCUT2D eigenvalue weighted by Gasteiger charge is -2.04. The Morgan fingerprint density at radius 1 is 1.40 bits per heavy atom. The summed E-state index contributed by atoms with van der Waals surface area (Å²) in [5.74, 6) is 0. The Hall–Kier alpha value is -1.84. The van der Waals surface area contributed by atoms with Gasteiger partial charge >= 0.3 is 0 Å². The van der Waals surface area contributed by atoms with Gasteiger partial charge in [0.25, 0.3) is 5.69 Å². The average molecular weight is 206 g/mol. The number of hydrogen-bond acceptors (Lipinski definition) is 3. The van der Waals surface area contributed by atoms with E-state index in [0.717, 1.165) is 0 Å². The molecular weight excluding hydrogens is 192 g/mol. The summed E-state index contributed by atoms with van der Waals surface area (Å²) < 4.78 is 0. The van der Waals surface area contributed by atoms with E-state index in [4.69, 9.17) is 0 Å². The molecule has 80 valence electrons. The molecule has 0 amide bonds. The van der Waals surface area contributed by atoms with Crippen LogP contribution in [0.4, 0.5) is 5.69 Å². The number of aryl methyl sites for hydroxylation is 1. The van der Waals surface area contributed by atoms with E-state index in [9.17, 15) is 10.1 Å². The molecule has 0 bridgehead atoms. The van der Waals surface area contributed by atoms with Crippen LogP contribution in [0, 0.1) is 17.0 Å². The minimum atomic E-state index is -0.343. The molecule has 0 radical (unpaired) electrons. The highest BCUT2D eigenvalue weighted by Crippen LogP contribution is 2.23. The van der Waals surface area contributed by atoms with E-state index in [2.05, 4.69) is 0 Å². The Kier molecular flexibility index (Phi) is 3.44. The fourth-order valence-corrected chi connectivity index (χ4v) is 1.29. The van der Waals surface area contributed by atoms with Crippen molar-refractivity contribution in [2.45, 2.75) is 6.92 Å². The van der Waals surface area contributed by atoms with Gasteiger partial charge in [0.2, 0.25) is 0 Å². The Morgan fingerprint density at radius 3 is 2.60 bits per heavy atom. The lowest BCUT2D eigenvalue weighted by molar-refractivity contribution is -0.385. The topological polar surface area (TPSA) is 46.4 Å². The Bertz CT molecular complexity index is 398. The Balaban J connectivity index is 3.17. The first kappa shape index (κ1) is 11.2. The van der Waals surface area contributed by atoms with Crippen LogP contribution in [-0.2, 0) is 0 Å². The molecule has 15 heavy (non-hydrogen) atoms. The first-order valence-corrected chi connectivity index (χ1v) is 4.61. The van der Waals surface area contributed by atoms with Crippen molar-refractivity contribution in [3.8, 4) is 0 Å². The molecule has 0 N–H and O–H groups in total. The molecule has 0 saturated carbocycles. The number of nitro groups is 1. The molecule has 0 heterocycles. The van der Waals surface area contributed by atoms with Crippen molar-refractivity contribution >= 4 is 11.8 Å². The van der Waals surface area contributed by atoms with Gasteiger partial charge in [-0.1, -0.05) is 12.1 Å². The molecule has 0 saturated heterocycles. The zero-order valence-electron chi connectivity index (χ0n) is 9.10. The second-order valence-corrected chi connectivity index (χ2v) is 3.55. The van der Waals surface area contributed by atoms with Gasteiger partial charge in [0, 0.05) is 19.7 Å². The minimum absolute atomic E-state index is 0.176. The standard InChI is InChI=1S/C11H14N2O2/c1-9-5-4-6-10(7-8-12(2)3)11(9)13(14)15/h4-8H,1-3H3. The van der Waals surface area contributed by atoms with Gasteiger partial charge in [-0.3, -0.25) is 10.1 Å². The fraction of sp³-hybridized carbons (Fsp3) is 0.273. The summed E-state index contributed by atoms with van der Waals surface area (Å²) in [6.07, 6.45) is 3.53. The molecule has 0 atom stereocenters. The molecular formula is C11H14N2O2. The highest BCUT2D eigenvalue weighted by molar-refractivity contribution is 5.63. The van der Waals surface area contributed by atoms with Crippen LogP contribution in [0.1, 0.15) is 11.1 Å². The Labute approximate surface area is 89.0 Å². The number of nitro benzene ring substituents is 1. The zero-order valence-corrected chi connectivity index (χ0v) is 9.10. The molecule has 1 rings (SSSR count). The van der Waals surface area contributed by atoms with Gasteiger partial charge in [-0.25, -0.2) is 0 Å². The number of rotatable bonds is 3. The summed E-state index contributed by atoms with van der Waals surface area (Å²) in [5, 5.41) is 10.8. The molecule has 4 nitrogen and oxygen atoms in total. The zero-order chi connectivity index (χ0) is 11.4. The molecule has 0 aliphatic heterocycles. The maximum Gasteiger partial charge on any atom is 0.279 e. The Morgan fingerprint density at radius 2 is 2.07 bits per heavy atom. The smallest absolute Gasteiger partial charge is 0.279 e. The summed E-state index contributed by atoms with van der Waals surface area (Å²) in [7, 11) is 3.75. The highest BCUT2D eigenvalue weighted by atomic mass is 16.6. The quantitative estimate of drug-likeness (QED) is 0.563. The van der Waals surface area contributed by atoms with Crippen molar-refractivity contribution in [3.05, 3.63) is 45.6 Å². The third kappa shape index (κ3) is 2.80. The SMILES string of the molecule is Cc1cccc(C=CN(C)C)c1[N+](=O)[O-]. The number of para-hydroxylation sites is 1. The monoisotopic (exact) mass is 206 g/mol. The highest BCUT2D eigenvalue weighted by Gasteiger charge is 2.14. The van der Waals surface area contributed by atoms with Crippen molar-refractivity contribution in [1.82, 2.24) is 4.90 Å². The van der Waals surface area contributed by atoms with Crippen LogP contribution in [0.3, 0.4) is 0 Å². The van der Waals surface area contributed by atoms with Crippen LogP contribution in [-0.4, -0.2) is 23.9 Å². The first-order chi connectivity index (χ1) is 7.02. The maximum atomic E-state index is 10.8. The van der Waals surface area contributed by atoms with Crippen LogP contribution >= 0.6 is 0 Å². The van der Waals surface area contributed by atoms with E-state index < -0.39 is 0 Å². The predicted octanol–water partition coefficient (Wildman–Crippen LogP) is 2.44. The second kappa shape index (κ2) is 4.59. The van der Waals surface area contributed by atoms with Gasteiger partial charge in [0.05, 0.1) is 10.5 Å². The number of nitrogens with zero attached hydrogens (tertiary/aromatic N) is 2. The van der Waals surface area contributed by atoms with Gasteiger partial charge in [-0.2, -0.15) is 0 Å². The van der Waals surface area contributed by atoms with Crippen LogP contribution in [0.15, 0.2) is 24.4 Å². The predicted molar refractivity (Wildman–Crippen MR) is 60.6 cm³/mol. The van der Waals surface area contributed by atoms with Crippen molar-refractivity contribution in [2.24, 2.45) is 0 Å². The summed E-state index contributed by atoms with van der Waals surface area (Å²) in [5.41, 5.74) is 1.49. The molecule has 0 aliphatic rings. The summed E-state index contributed by atoms with van der Waals surface area (Å²) >= 11 is 0. The normalized spacial score (nSPS) is 10.6. The third-order valence-corrected chi connectivity index (χ3v) is 2.00. The van der Waals surface area contributed by atoms with Crippen molar-refractivity contribution in [1.29, 1.82) is 0 Å². The van der Waals surface area contributed by atoms with E-state index in [0.29, 0.717) is 11.1 Å². The molecule has 0 aliphatic carbocycles. The van der Waals surface area contributed by atoms with Crippen LogP contribution in [0.25, 0.3) is 6.08 Å². The van der Waals surface area contributed by atoms with E-state index in [1.165, 1.54) is 0 Å². The van der Waals surface area contributed by atoms with E-state index in [1.54, 1.807) is 31.3 Å².